The first-order valence-corrected chi connectivity index (χ1v) is 24.3. The molecule has 0 aromatic heterocycles. The highest BCUT2D eigenvalue weighted by molar-refractivity contribution is 5.98. The maximum absolute atomic E-state index is 14.6. The SMILES string of the molecule is CC(=O)Oc1ccc(C[N+]2(CC(=O)C[C@@H](CCc3ccccc3)C(=O)N[C@@H](CC(C)C)C(=O)C[C@@H](Cc3ccccc3)C(=O)N[C@@H](CC(C)C)C(=O)[C@@]3(C)CO3)CCOCC2)cc1OC/C(N)=C/N. The number of aryl methyl sites for hydroxylation is 1. The molecule has 2 aliphatic heterocycles. The minimum atomic E-state index is -0.940. The van der Waals surface area contributed by atoms with Gasteiger partial charge in [-0.2, -0.15) is 0 Å². The van der Waals surface area contributed by atoms with Gasteiger partial charge in [0.05, 0.1) is 37.6 Å². The highest BCUT2D eigenvalue weighted by atomic mass is 16.6. The summed E-state index contributed by atoms with van der Waals surface area (Å²) in [5, 5.41) is 6.07. The van der Waals surface area contributed by atoms with Gasteiger partial charge in [0.15, 0.2) is 28.8 Å². The van der Waals surface area contributed by atoms with Gasteiger partial charge in [-0.05, 0) is 80.2 Å². The first kappa shape index (κ1) is 54.0. The lowest BCUT2D eigenvalue weighted by Crippen LogP contribution is -2.57. The minimum absolute atomic E-state index is 0.00606. The number of morpholine rings is 1. The van der Waals surface area contributed by atoms with Crippen LogP contribution in [0.25, 0.3) is 0 Å². The second-order valence-electron chi connectivity index (χ2n) is 19.9. The van der Waals surface area contributed by atoms with E-state index in [1.54, 1.807) is 19.1 Å². The first-order valence-electron chi connectivity index (χ1n) is 24.3. The lowest BCUT2D eigenvalue weighted by molar-refractivity contribution is -0.940. The van der Waals surface area contributed by atoms with Crippen molar-refractivity contribution >= 4 is 35.1 Å². The molecule has 2 amide bonds. The molecule has 0 aliphatic carbocycles. The number of carbonyl (C=O) groups is 6. The maximum Gasteiger partial charge on any atom is 0.308 e. The molecular weight excluding hydrogens is 879 g/mol. The maximum atomic E-state index is 14.6. The van der Waals surface area contributed by atoms with E-state index in [9.17, 15) is 28.8 Å². The lowest BCUT2D eigenvalue weighted by atomic mass is 9.87. The number of rotatable bonds is 28. The van der Waals surface area contributed by atoms with Crippen LogP contribution in [-0.4, -0.2) is 103 Å². The molecule has 3 aromatic carbocycles. The van der Waals surface area contributed by atoms with Gasteiger partial charge < -0.3 is 45.5 Å². The zero-order valence-electron chi connectivity index (χ0n) is 41.3. The molecule has 69 heavy (non-hydrogen) atoms. The van der Waals surface area contributed by atoms with Crippen molar-refractivity contribution in [1.29, 1.82) is 0 Å². The number of amides is 2. The van der Waals surface area contributed by atoms with E-state index in [0.29, 0.717) is 75.4 Å². The molecule has 0 radical (unpaired) electrons. The molecule has 15 heteroatoms. The third-order valence-corrected chi connectivity index (χ3v) is 12.8. The normalized spacial score (nSPS) is 18.3. The van der Waals surface area contributed by atoms with E-state index in [0.717, 1.165) is 16.7 Å². The molecule has 374 valence electrons. The number of hydrogen-bond acceptors (Lipinski definition) is 12. The summed E-state index contributed by atoms with van der Waals surface area (Å²) in [5.41, 5.74) is 13.5. The van der Waals surface area contributed by atoms with Crippen LogP contribution in [0.2, 0.25) is 0 Å². The van der Waals surface area contributed by atoms with Crippen LogP contribution in [0, 0.1) is 23.7 Å². The van der Waals surface area contributed by atoms with Gasteiger partial charge in [0.1, 0.15) is 38.4 Å². The Bertz CT molecular complexity index is 2240. The predicted octanol–water partition coefficient (Wildman–Crippen LogP) is 5.54. The number of carbonyl (C=O) groups excluding carboxylic acids is 6. The van der Waals surface area contributed by atoms with Gasteiger partial charge in [0, 0.05) is 43.4 Å². The van der Waals surface area contributed by atoms with Crippen LogP contribution < -0.4 is 31.6 Å². The van der Waals surface area contributed by atoms with Crippen molar-refractivity contribution in [2.24, 2.45) is 35.1 Å². The van der Waals surface area contributed by atoms with Crippen LogP contribution in [0.5, 0.6) is 11.5 Å². The molecule has 6 N–H and O–H groups in total. The summed E-state index contributed by atoms with van der Waals surface area (Å²) >= 11 is 0. The minimum Gasteiger partial charge on any atom is -0.483 e. The first-order chi connectivity index (χ1) is 32.9. The monoisotopic (exact) mass is 953 g/mol. The summed E-state index contributed by atoms with van der Waals surface area (Å²) < 4.78 is 22.9. The number of nitrogens with two attached hydrogens (primary N) is 2. The van der Waals surface area contributed by atoms with Crippen molar-refractivity contribution in [1.82, 2.24) is 10.6 Å². The number of nitrogens with one attached hydrogen (secondary N) is 2. The zero-order chi connectivity index (χ0) is 50.1. The number of epoxide rings is 1. The van der Waals surface area contributed by atoms with Crippen LogP contribution in [-0.2, 0) is 57.6 Å². The van der Waals surface area contributed by atoms with Crippen LogP contribution in [0.1, 0.15) is 90.3 Å². The van der Waals surface area contributed by atoms with Crippen molar-refractivity contribution in [2.75, 3.05) is 46.1 Å². The quantitative estimate of drug-likeness (QED) is 0.0305. The molecule has 0 bridgehead atoms. The Labute approximate surface area is 407 Å². The largest absolute Gasteiger partial charge is 0.483 e. The average molecular weight is 953 g/mol. The number of Topliss-reactive ketones (excluding diaryl/α,β-unsaturated/α-hetero) is 3. The third kappa shape index (κ3) is 17.2. The number of esters is 1. The van der Waals surface area contributed by atoms with Gasteiger partial charge in [-0.3, -0.25) is 28.8 Å². The second-order valence-corrected chi connectivity index (χ2v) is 19.9. The van der Waals surface area contributed by atoms with E-state index in [-0.39, 0.29) is 73.0 Å². The van der Waals surface area contributed by atoms with Crippen molar-refractivity contribution in [2.45, 2.75) is 111 Å². The Balaban J connectivity index is 1.37. The molecule has 0 unspecified atom stereocenters. The van der Waals surface area contributed by atoms with Crippen LogP contribution in [0.4, 0.5) is 0 Å². The van der Waals surface area contributed by atoms with Crippen LogP contribution in [0.3, 0.4) is 0 Å². The Morgan fingerprint density at radius 2 is 1.38 bits per heavy atom. The fraction of sp³-hybridized carbons (Fsp3) is 0.519. The highest BCUT2D eigenvalue weighted by Gasteiger charge is 2.50. The van der Waals surface area contributed by atoms with Crippen molar-refractivity contribution in [3.63, 3.8) is 0 Å². The second kappa shape index (κ2) is 25.6. The Hall–Kier alpha value is -5.90. The Morgan fingerprint density at radius 3 is 1.97 bits per heavy atom. The van der Waals surface area contributed by atoms with Gasteiger partial charge in [-0.1, -0.05) is 88.4 Å². The Kier molecular flexibility index (Phi) is 20.1. The fourth-order valence-electron chi connectivity index (χ4n) is 8.91. The van der Waals surface area contributed by atoms with Crippen molar-refractivity contribution < 1.29 is 52.2 Å². The van der Waals surface area contributed by atoms with Gasteiger partial charge in [0.25, 0.3) is 0 Å². The van der Waals surface area contributed by atoms with Crippen molar-refractivity contribution in [3.05, 3.63) is 107 Å². The number of hydrogen-bond donors (Lipinski definition) is 4. The molecule has 2 aliphatic rings. The average Bonchev–Trinajstić information content (AvgIpc) is 4.07. The van der Waals surface area contributed by atoms with Crippen LogP contribution in [0.15, 0.2) is 90.8 Å². The van der Waals surface area contributed by atoms with Gasteiger partial charge >= 0.3 is 5.97 Å². The molecule has 3 aromatic rings. The molecule has 5 atom stereocenters. The summed E-state index contributed by atoms with van der Waals surface area (Å²) in [5.74, 6) is -2.88. The van der Waals surface area contributed by atoms with Gasteiger partial charge in [-0.15, -0.1) is 0 Å². The lowest BCUT2D eigenvalue weighted by Gasteiger charge is -2.41. The number of benzene rings is 3. The van der Waals surface area contributed by atoms with Crippen LogP contribution >= 0.6 is 0 Å². The standard InChI is InChI=1S/C54H73N5O10/c1-36(2)25-46(48(62)30-43(27-40-15-11-8-12-16-40)53(65)58-47(26-37(3)4)51(63)54(6)35-68-54)57-52(64)42(19-17-39-13-9-7-10-14-39)29-45(61)33-59(21-23-66-24-22-59)32-41-18-20-49(69-38(5)60)50(28-41)67-34-44(56)31-55/h7-16,18,20,28,31,36-37,42-43,46-47H,17,19,21-27,29-30,32-35,55-56H2,1-6H3,(H-,57,58,64,65)/p+1/b44-31-/t42-,43-,46+,47+,54-/m1/s1. The fourth-order valence-corrected chi connectivity index (χ4v) is 8.91. The number of ether oxygens (including phenoxy) is 4. The molecule has 2 saturated heterocycles. The molecule has 2 heterocycles. The summed E-state index contributed by atoms with van der Waals surface area (Å²) in [6.45, 7) is 13.7. The van der Waals surface area contributed by atoms with E-state index < -0.39 is 47.3 Å². The highest BCUT2D eigenvalue weighted by Crippen LogP contribution is 2.32. The molecule has 0 saturated carbocycles. The summed E-state index contributed by atoms with van der Waals surface area (Å²) in [6.07, 6.45) is 2.89. The van der Waals surface area contributed by atoms with E-state index in [4.69, 9.17) is 30.4 Å². The predicted molar refractivity (Wildman–Crippen MR) is 262 cm³/mol. The van der Waals surface area contributed by atoms with Gasteiger partial charge in [-0.25, -0.2) is 0 Å². The molecule has 0 spiro atoms. The van der Waals surface area contributed by atoms with E-state index in [2.05, 4.69) is 10.6 Å². The van der Waals surface area contributed by atoms with E-state index >= 15 is 0 Å². The van der Waals surface area contributed by atoms with Gasteiger partial charge in [0.2, 0.25) is 11.8 Å². The molecule has 2 fully saturated rings. The molecular formula is C54H74N5O10+. The van der Waals surface area contributed by atoms with E-state index in [1.165, 1.54) is 13.1 Å². The topological polar surface area (TPSA) is 219 Å². The number of ketones is 3. The zero-order valence-corrected chi connectivity index (χ0v) is 41.3. The summed E-state index contributed by atoms with van der Waals surface area (Å²) in [6, 6.07) is 22.7. The summed E-state index contributed by atoms with van der Waals surface area (Å²) in [4.78, 5) is 83.4. The summed E-state index contributed by atoms with van der Waals surface area (Å²) in [7, 11) is 0. The number of quaternary nitrogens is 1. The third-order valence-electron chi connectivity index (χ3n) is 12.8. The van der Waals surface area contributed by atoms with Crippen molar-refractivity contribution in [3.8, 4) is 11.5 Å². The molecule has 15 nitrogen and oxygen atoms in total. The Morgan fingerprint density at radius 1 is 0.783 bits per heavy atom. The van der Waals surface area contributed by atoms with E-state index in [1.807, 2.05) is 94.4 Å². The smallest absolute Gasteiger partial charge is 0.308 e. The molecule has 5 rings (SSSR count). The number of nitrogens with zero attached hydrogens (tertiary/aromatic N) is 1.